The second kappa shape index (κ2) is 6.87. The highest BCUT2D eigenvalue weighted by Gasteiger charge is 2.30. The minimum absolute atomic E-state index is 0.111. The van der Waals surface area contributed by atoms with Crippen LogP contribution in [0.3, 0.4) is 0 Å². The molecule has 5 heteroatoms. The lowest BCUT2D eigenvalue weighted by molar-refractivity contribution is -0.127. The summed E-state index contributed by atoms with van der Waals surface area (Å²) in [6, 6.07) is 0. The van der Waals surface area contributed by atoms with E-state index in [9.17, 15) is 0 Å². The lowest BCUT2D eigenvalue weighted by Crippen LogP contribution is -2.18. The standard InChI is InChI=1S/C8H17O2P.C3H8O2/c1-8(2)10-7(6-11-8)4-3-5-9;1-3(2,4)5/h7,9,11H,3-6H2,1-2H3;4-5H,1-2H3. The van der Waals surface area contributed by atoms with Crippen molar-refractivity contribution in [1.29, 1.82) is 0 Å². The zero-order valence-corrected chi connectivity index (χ0v) is 11.7. The van der Waals surface area contributed by atoms with Crippen LogP contribution in [-0.2, 0) is 4.74 Å². The minimum Gasteiger partial charge on any atom is -0.396 e. The van der Waals surface area contributed by atoms with E-state index in [2.05, 4.69) is 13.8 Å². The Bertz CT molecular complexity index is 183. The zero-order valence-electron chi connectivity index (χ0n) is 10.7. The van der Waals surface area contributed by atoms with Crippen LogP contribution in [0.4, 0.5) is 0 Å². The van der Waals surface area contributed by atoms with Gasteiger partial charge in [-0.3, -0.25) is 0 Å². The van der Waals surface area contributed by atoms with Crippen molar-refractivity contribution in [2.24, 2.45) is 0 Å². The lowest BCUT2D eigenvalue weighted by Gasteiger charge is -2.18. The molecule has 16 heavy (non-hydrogen) atoms. The maximum Gasteiger partial charge on any atom is 0.156 e. The van der Waals surface area contributed by atoms with Crippen molar-refractivity contribution in [3.8, 4) is 0 Å². The summed E-state index contributed by atoms with van der Waals surface area (Å²) < 4.78 is 5.75. The van der Waals surface area contributed by atoms with Crippen molar-refractivity contribution in [1.82, 2.24) is 0 Å². The molecule has 4 nitrogen and oxygen atoms in total. The molecule has 1 saturated heterocycles. The SMILES string of the molecule is CC(C)(O)O.CC1(C)OC(CCCO)CP1. The summed E-state index contributed by atoms with van der Waals surface area (Å²) in [4.78, 5) is 0. The van der Waals surface area contributed by atoms with Crippen molar-refractivity contribution in [3.05, 3.63) is 0 Å². The van der Waals surface area contributed by atoms with Crippen LogP contribution in [0.2, 0.25) is 0 Å². The molecule has 3 N–H and O–H groups in total. The summed E-state index contributed by atoms with van der Waals surface area (Å²) in [6.07, 6.45) is 3.50. The van der Waals surface area contributed by atoms with Gasteiger partial charge in [-0.1, -0.05) is 8.58 Å². The van der Waals surface area contributed by atoms with Gasteiger partial charge in [0.2, 0.25) is 0 Å². The predicted octanol–water partition coefficient (Wildman–Crippen LogP) is 1.28. The number of hydrogen-bond donors (Lipinski definition) is 3. The molecule has 1 fully saturated rings. The van der Waals surface area contributed by atoms with Gasteiger partial charge in [0.25, 0.3) is 0 Å². The summed E-state index contributed by atoms with van der Waals surface area (Å²) in [5.41, 5.74) is 0. The van der Waals surface area contributed by atoms with E-state index >= 15 is 0 Å². The molecule has 0 radical (unpaired) electrons. The minimum atomic E-state index is -1.50. The quantitative estimate of drug-likeness (QED) is 0.523. The van der Waals surface area contributed by atoms with Crippen LogP contribution in [0.1, 0.15) is 40.5 Å². The number of aliphatic hydroxyl groups excluding tert-OH is 1. The third kappa shape index (κ3) is 10.8. The van der Waals surface area contributed by atoms with E-state index in [1.165, 1.54) is 20.0 Å². The van der Waals surface area contributed by atoms with Gasteiger partial charge in [0, 0.05) is 6.61 Å². The third-order valence-corrected chi connectivity index (χ3v) is 3.53. The van der Waals surface area contributed by atoms with Crippen LogP contribution in [-0.4, -0.2) is 45.3 Å². The highest BCUT2D eigenvalue weighted by molar-refractivity contribution is 7.40. The predicted molar refractivity (Wildman–Crippen MR) is 67.0 cm³/mol. The van der Waals surface area contributed by atoms with Crippen LogP contribution in [0, 0.1) is 0 Å². The molecule has 1 aliphatic heterocycles. The van der Waals surface area contributed by atoms with Gasteiger partial charge >= 0.3 is 0 Å². The molecule has 0 aromatic heterocycles. The van der Waals surface area contributed by atoms with Gasteiger partial charge in [0.1, 0.15) is 0 Å². The molecule has 0 bridgehead atoms. The average molecular weight is 252 g/mol. The van der Waals surface area contributed by atoms with E-state index in [0.29, 0.717) is 12.7 Å². The van der Waals surface area contributed by atoms with Gasteiger partial charge in [0.15, 0.2) is 5.79 Å². The molecule has 2 unspecified atom stereocenters. The molecule has 1 aliphatic rings. The van der Waals surface area contributed by atoms with Crippen molar-refractivity contribution in [2.75, 3.05) is 12.8 Å². The fourth-order valence-corrected chi connectivity index (χ4v) is 2.60. The number of hydrogen-bond acceptors (Lipinski definition) is 4. The van der Waals surface area contributed by atoms with Crippen LogP contribution in [0.15, 0.2) is 0 Å². The van der Waals surface area contributed by atoms with Crippen molar-refractivity contribution in [2.45, 2.75) is 57.8 Å². The third-order valence-electron chi connectivity index (χ3n) is 1.90. The van der Waals surface area contributed by atoms with E-state index in [4.69, 9.17) is 20.1 Å². The van der Waals surface area contributed by atoms with Crippen molar-refractivity contribution in [3.63, 3.8) is 0 Å². The molecule has 0 spiro atoms. The van der Waals surface area contributed by atoms with Gasteiger partial charge < -0.3 is 20.1 Å². The Morgan fingerprint density at radius 1 is 1.38 bits per heavy atom. The van der Waals surface area contributed by atoms with E-state index in [1.807, 2.05) is 0 Å². The molecule has 0 saturated carbocycles. The first-order valence-electron chi connectivity index (χ1n) is 5.62. The fourth-order valence-electron chi connectivity index (χ4n) is 1.34. The zero-order chi connectivity index (χ0) is 12.8. The molecule has 0 amide bonds. The van der Waals surface area contributed by atoms with Crippen molar-refractivity contribution < 1.29 is 20.1 Å². The summed E-state index contributed by atoms with van der Waals surface area (Å²) in [6.45, 7) is 7.18. The Kier molecular flexibility index (Phi) is 6.99. The van der Waals surface area contributed by atoms with Gasteiger partial charge in [0.05, 0.1) is 11.4 Å². The Balaban J connectivity index is 0.000000385. The van der Waals surface area contributed by atoms with Gasteiger partial charge in [-0.25, -0.2) is 0 Å². The highest BCUT2D eigenvalue weighted by Crippen LogP contribution is 2.42. The highest BCUT2D eigenvalue weighted by atomic mass is 31.1. The molecule has 1 rings (SSSR count). The number of rotatable bonds is 3. The van der Waals surface area contributed by atoms with Crippen LogP contribution >= 0.6 is 8.58 Å². The molecule has 0 aromatic carbocycles. The molecular formula is C11H25O4P. The largest absolute Gasteiger partial charge is 0.396 e. The number of ether oxygens (including phenoxy) is 1. The topological polar surface area (TPSA) is 69.9 Å². The molecule has 2 atom stereocenters. The molecular weight excluding hydrogens is 227 g/mol. The van der Waals surface area contributed by atoms with Gasteiger partial charge in [-0.2, -0.15) is 0 Å². The Labute approximate surface area is 99.8 Å². The van der Waals surface area contributed by atoms with Crippen molar-refractivity contribution >= 4 is 8.58 Å². The first kappa shape index (κ1) is 16.3. The number of aliphatic hydroxyl groups is 3. The smallest absolute Gasteiger partial charge is 0.156 e. The second-order valence-corrected chi connectivity index (χ2v) is 6.96. The van der Waals surface area contributed by atoms with E-state index in [0.717, 1.165) is 21.4 Å². The molecule has 98 valence electrons. The van der Waals surface area contributed by atoms with E-state index in [1.54, 1.807) is 0 Å². The summed E-state index contributed by atoms with van der Waals surface area (Å²) in [5, 5.41) is 24.9. The fraction of sp³-hybridized carbons (Fsp3) is 1.00. The monoisotopic (exact) mass is 252 g/mol. The summed E-state index contributed by atoms with van der Waals surface area (Å²) in [7, 11) is 0.923. The Morgan fingerprint density at radius 2 is 1.88 bits per heavy atom. The second-order valence-electron chi connectivity index (χ2n) is 4.99. The molecule has 1 heterocycles. The van der Waals surface area contributed by atoms with Gasteiger partial charge in [-0.15, -0.1) is 0 Å². The Hall–Kier alpha value is 0.270. The lowest BCUT2D eigenvalue weighted by atomic mass is 10.2. The van der Waals surface area contributed by atoms with Crippen LogP contribution in [0.5, 0.6) is 0 Å². The maximum absolute atomic E-state index is 8.60. The first-order valence-corrected chi connectivity index (χ1v) is 6.83. The summed E-state index contributed by atoms with van der Waals surface area (Å²) in [5.74, 6) is -1.50. The first-order chi connectivity index (χ1) is 7.14. The Morgan fingerprint density at radius 3 is 2.19 bits per heavy atom. The molecule has 0 aromatic rings. The van der Waals surface area contributed by atoms with Crippen LogP contribution in [0.25, 0.3) is 0 Å². The average Bonchev–Trinajstić information content (AvgIpc) is 2.39. The van der Waals surface area contributed by atoms with E-state index in [-0.39, 0.29) is 5.34 Å². The van der Waals surface area contributed by atoms with E-state index < -0.39 is 5.79 Å². The molecule has 0 aliphatic carbocycles. The normalized spacial score (nSPS) is 25.3. The van der Waals surface area contributed by atoms with Gasteiger partial charge in [-0.05, 0) is 46.7 Å². The maximum atomic E-state index is 8.60. The van der Waals surface area contributed by atoms with Crippen LogP contribution < -0.4 is 0 Å². The summed E-state index contributed by atoms with van der Waals surface area (Å²) >= 11 is 0.